The number of nitrogens with one attached hydrogen (secondary N) is 1. The van der Waals surface area contributed by atoms with E-state index in [9.17, 15) is 4.21 Å². The number of anilines is 1. The zero-order chi connectivity index (χ0) is 14.2. The fraction of sp³-hybridized carbons (Fsp3) is 0.176. The molecule has 0 aromatic heterocycles. The Morgan fingerprint density at radius 3 is 2.50 bits per heavy atom. The molecule has 0 spiro atoms. The Kier molecular flexibility index (Phi) is 3.22. The topological polar surface area (TPSA) is 29.1 Å². The molecule has 0 amide bonds. The van der Waals surface area contributed by atoms with Gasteiger partial charge in [-0.15, -0.1) is 0 Å². The second-order valence-corrected chi connectivity index (χ2v) is 6.58. The van der Waals surface area contributed by atoms with Gasteiger partial charge >= 0.3 is 0 Å². The van der Waals surface area contributed by atoms with Crippen LogP contribution in [-0.2, 0) is 16.3 Å². The first kappa shape index (κ1) is 13.1. The highest BCUT2D eigenvalue weighted by atomic mass is 32.2. The van der Waals surface area contributed by atoms with Crippen LogP contribution in [0, 0.1) is 0 Å². The molecular weight excluding hydrogens is 266 g/mol. The number of hydrogen-bond acceptors (Lipinski definition) is 2. The fourth-order valence-electron chi connectivity index (χ4n) is 2.66. The Bertz CT molecular complexity index is 680. The molecule has 0 radical (unpaired) electrons. The predicted molar refractivity (Wildman–Crippen MR) is 84.3 cm³/mol. The third kappa shape index (κ3) is 1.98. The lowest BCUT2D eigenvalue weighted by molar-refractivity contribution is 0.616. The SMILES string of the molecule is C=C(C)C1(c2ccccc2)CS(=O)c2ccccc2N1. The first-order valence-electron chi connectivity index (χ1n) is 6.60. The zero-order valence-electron chi connectivity index (χ0n) is 11.4. The summed E-state index contributed by atoms with van der Waals surface area (Å²) >= 11 is 0. The summed E-state index contributed by atoms with van der Waals surface area (Å²) in [7, 11) is -1.03. The number of para-hydroxylation sites is 1. The Morgan fingerprint density at radius 1 is 1.15 bits per heavy atom. The molecule has 3 heteroatoms. The summed E-state index contributed by atoms with van der Waals surface area (Å²) in [5.41, 5.74) is 2.56. The van der Waals surface area contributed by atoms with E-state index in [1.165, 1.54) is 0 Å². The molecule has 20 heavy (non-hydrogen) atoms. The molecule has 2 aromatic carbocycles. The molecule has 0 saturated heterocycles. The maximum atomic E-state index is 12.6. The van der Waals surface area contributed by atoms with Crippen LogP contribution in [0.25, 0.3) is 0 Å². The van der Waals surface area contributed by atoms with Crippen molar-refractivity contribution in [3.8, 4) is 0 Å². The lowest BCUT2D eigenvalue weighted by atomic mass is 9.85. The Morgan fingerprint density at radius 2 is 1.80 bits per heavy atom. The van der Waals surface area contributed by atoms with Crippen molar-refractivity contribution in [1.82, 2.24) is 0 Å². The van der Waals surface area contributed by atoms with E-state index in [-0.39, 0.29) is 0 Å². The molecule has 0 fully saturated rings. The third-order valence-electron chi connectivity index (χ3n) is 3.82. The van der Waals surface area contributed by atoms with Crippen LogP contribution in [0.4, 0.5) is 5.69 Å². The van der Waals surface area contributed by atoms with Crippen LogP contribution in [0.1, 0.15) is 12.5 Å². The van der Waals surface area contributed by atoms with Crippen molar-refractivity contribution >= 4 is 16.5 Å². The molecule has 2 nitrogen and oxygen atoms in total. The van der Waals surface area contributed by atoms with Gasteiger partial charge in [0.15, 0.2) is 0 Å². The highest BCUT2D eigenvalue weighted by molar-refractivity contribution is 7.85. The molecule has 1 aliphatic rings. The molecule has 2 unspecified atom stereocenters. The van der Waals surface area contributed by atoms with Crippen molar-refractivity contribution in [2.45, 2.75) is 17.4 Å². The van der Waals surface area contributed by atoms with Gasteiger partial charge in [-0.3, -0.25) is 4.21 Å². The average molecular weight is 283 g/mol. The van der Waals surface area contributed by atoms with Gasteiger partial charge in [0.25, 0.3) is 0 Å². The highest BCUT2D eigenvalue weighted by Crippen LogP contribution is 2.40. The maximum Gasteiger partial charge on any atom is 0.0954 e. The van der Waals surface area contributed by atoms with Crippen molar-refractivity contribution in [2.24, 2.45) is 0 Å². The molecule has 1 heterocycles. The number of hydrogen-bond donors (Lipinski definition) is 1. The molecule has 0 bridgehead atoms. The van der Waals surface area contributed by atoms with E-state index in [2.05, 4.69) is 24.0 Å². The minimum Gasteiger partial charge on any atom is -0.370 e. The van der Waals surface area contributed by atoms with E-state index < -0.39 is 16.3 Å². The first-order valence-corrected chi connectivity index (χ1v) is 7.92. The van der Waals surface area contributed by atoms with Gasteiger partial charge in [-0.2, -0.15) is 0 Å². The Balaban J connectivity index is 2.16. The van der Waals surface area contributed by atoms with Gasteiger partial charge in [0.2, 0.25) is 0 Å². The van der Waals surface area contributed by atoms with Gasteiger partial charge in [0.1, 0.15) is 0 Å². The molecule has 2 atom stereocenters. The highest BCUT2D eigenvalue weighted by Gasteiger charge is 2.39. The summed E-state index contributed by atoms with van der Waals surface area (Å²) in [6, 6.07) is 17.9. The van der Waals surface area contributed by atoms with E-state index in [1.54, 1.807) is 0 Å². The summed E-state index contributed by atoms with van der Waals surface area (Å²) < 4.78 is 12.6. The van der Waals surface area contributed by atoms with Crippen molar-refractivity contribution in [1.29, 1.82) is 0 Å². The predicted octanol–water partition coefficient (Wildman–Crippen LogP) is 3.69. The second-order valence-electron chi connectivity index (χ2n) is 5.16. The van der Waals surface area contributed by atoms with E-state index >= 15 is 0 Å². The minimum absolute atomic E-state index is 0.458. The molecule has 3 rings (SSSR count). The lowest BCUT2D eigenvalue weighted by Crippen LogP contribution is -2.44. The number of benzene rings is 2. The van der Waals surface area contributed by atoms with Crippen LogP contribution >= 0.6 is 0 Å². The summed E-state index contributed by atoms with van der Waals surface area (Å²) in [5, 5.41) is 3.56. The van der Waals surface area contributed by atoms with E-state index in [0.717, 1.165) is 21.7 Å². The van der Waals surface area contributed by atoms with E-state index in [0.29, 0.717) is 5.75 Å². The summed E-state index contributed by atoms with van der Waals surface area (Å²) in [4.78, 5) is 0.875. The van der Waals surface area contributed by atoms with E-state index in [4.69, 9.17) is 0 Å². The van der Waals surface area contributed by atoms with Gasteiger partial charge in [-0.1, -0.05) is 49.0 Å². The number of rotatable bonds is 2. The van der Waals surface area contributed by atoms with Crippen LogP contribution in [0.2, 0.25) is 0 Å². The van der Waals surface area contributed by atoms with E-state index in [1.807, 2.05) is 49.4 Å². The fourth-order valence-corrected chi connectivity index (χ4v) is 4.29. The second kappa shape index (κ2) is 4.91. The first-order chi connectivity index (χ1) is 9.63. The Labute approximate surface area is 122 Å². The van der Waals surface area contributed by atoms with Crippen LogP contribution in [0.15, 0.2) is 71.6 Å². The average Bonchev–Trinajstić information content (AvgIpc) is 2.48. The maximum absolute atomic E-state index is 12.6. The van der Waals surface area contributed by atoms with Gasteiger partial charge in [-0.25, -0.2) is 0 Å². The minimum atomic E-state index is -1.03. The monoisotopic (exact) mass is 283 g/mol. The van der Waals surface area contributed by atoms with Gasteiger partial charge in [0, 0.05) is 0 Å². The standard InChI is InChI=1S/C17H17NOS/c1-13(2)17(14-8-4-3-5-9-14)12-20(19)16-11-7-6-10-15(16)18-17/h3-11,18H,1,12H2,2H3. The summed E-state index contributed by atoms with van der Waals surface area (Å²) in [6.45, 7) is 6.13. The van der Waals surface area contributed by atoms with Crippen molar-refractivity contribution in [3.63, 3.8) is 0 Å². The largest absolute Gasteiger partial charge is 0.370 e. The molecule has 102 valence electrons. The van der Waals surface area contributed by atoms with Gasteiger partial charge < -0.3 is 5.32 Å². The van der Waals surface area contributed by atoms with Crippen molar-refractivity contribution < 1.29 is 4.21 Å². The molecular formula is C17H17NOS. The molecule has 0 aliphatic carbocycles. The van der Waals surface area contributed by atoms with Crippen molar-refractivity contribution in [2.75, 3.05) is 11.1 Å². The smallest absolute Gasteiger partial charge is 0.0954 e. The Hall–Kier alpha value is -1.87. The molecule has 1 aliphatic heterocycles. The van der Waals surface area contributed by atoms with Crippen LogP contribution in [0.5, 0.6) is 0 Å². The molecule has 0 saturated carbocycles. The summed E-state index contributed by atoms with van der Waals surface area (Å²) in [6.07, 6.45) is 0. The van der Waals surface area contributed by atoms with Crippen LogP contribution in [-0.4, -0.2) is 9.96 Å². The third-order valence-corrected chi connectivity index (χ3v) is 5.36. The number of fused-ring (bicyclic) bond motifs is 1. The van der Waals surface area contributed by atoms with Crippen LogP contribution < -0.4 is 5.32 Å². The zero-order valence-corrected chi connectivity index (χ0v) is 12.2. The van der Waals surface area contributed by atoms with Gasteiger partial charge in [-0.05, 0) is 30.2 Å². The molecule has 2 aromatic rings. The van der Waals surface area contributed by atoms with Crippen LogP contribution in [0.3, 0.4) is 0 Å². The normalized spacial score (nSPS) is 24.6. The summed E-state index contributed by atoms with van der Waals surface area (Å²) in [5.74, 6) is 0.517. The molecule has 1 N–H and O–H groups in total. The quantitative estimate of drug-likeness (QED) is 0.852. The lowest BCUT2D eigenvalue weighted by Gasteiger charge is -2.40. The van der Waals surface area contributed by atoms with Crippen molar-refractivity contribution in [3.05, 3.63) is 72.3 Å². The van der Waals surface area contributed by atoms with Gasteiger partial charge in [0.05, 0.1) is 32.7 Å².